The highest BCUT2D eigenvalue weighted by Crippen LogP contribution is 2.11. The van der Waals surface area contributed by atoms with E-state index in [0.717, 1.165) is 12.8 Å². The zero-order valence-electron chi connectivity index (χ0n) is 18.5. The van der Waals surface area contributed by atoms with Crippen LogP contribution in [0.3, 0.4) is 0 Å². The van der Waals surface area contributed by atoms with Gasteiger partial charge in [-0.3, -0.25) is 4.90 Å². The van der Waals surface area contributed by atoms with Crippen molar-refractivity contribution in [3.05, 3.63) is 0 Å². The van der Waals surface area contributed by atoms with E-state index in [1.807, 2.05) is 6.92 Å². The number of nitrogens with zero attached hydrogens (tertiary/aromatic N) is 1. The topological polar surface area (TPSA) is 55.8 Å². The number of likely N-dealkylation sites (N-methyl/N-ethyl adjacent to an activating group) is 1. The summed E-state index contributed by atoms with van der Waals surface area (Å²) in [5.41, 5.74) is 0. The average Bonchev–Trinajstić information content (AvgIpc) is 2.71. The van der Waals surface area contributed by atoms with Crippen LogP contribution < -0.4 is 0 Å². The van der Waals surface area contributed by atoms with Gasteiger partial charge in [0.15, 0.2) is 0 Å². The van der Waals surface area contributed by atoms with E-state index in [9.17, 15) is 9.59 Å². The number of rotatable bonds is 17. The van der Waals surface area contributed by atoms with Crippen LogP contribution in [0, 0.1) is 5.92 Å². The van der Waals surface area contributed by atoms with Crippen molar-refractivity contribution in [1.29, 1.82) is 0 Å². The molecule has 166 valence electrons. The van der Waals surface area contributed by atoms with Gasteiger partial charge in [0, 0.05) is 18.8 Å². The van der Waals surface area contributed by atoms with Crippen molar-refractivity contribution in [2.45, 2.75) is 97.4 Å². The number of esters is 1. The summed E-state index contributed by atoms with van der Waals surface area (Å²) in [4.78, 5) is 25.3. The van der Waals surface area contributed by atoms with Gasteiger partial charge in [-0.05, 0) is 13.3 Å². The van der Waals surface area contributed by atoms with E-state index < -0.39 is 18.1 Å². The van der Waals surface area contributed by atoms with E-state index in [0.29, 0.717) is 12.5 Å². The maximum atomic E-state index is 12.1. The molecule has 0 aliphatic rings. The molecule has 0 rings (SSSR count). The Morgan fingerprint density at radius 3 is 1.86 bits per heavy atom. The van der Waals surface area contributed by atoms with Crippen molar-refractivity contribution < 1.29 is 19.1 Å². The first-order valence-electron chi connectivity index (χ1n) is 11.1. The molecular formula is C22H42ClNO4. The fraction of sp³-hybridized carbons (Fsp3) is 0.909. The number of carbonyl (C=O) groups is 2. The van der Waals surface area contributed by atoms with Gasteiger partial charge in [0.2, 0.25) is 0 Å². The molecule has 0 aromatic heterocycles. The summed E-state index contributed by atoms with van der Waals surface area (Å²) in [5, 5.41) is 0. The van der Waals surface area contributed by atoms with Crippen LogP contribution in [0.25, 0.3) is 0 Å². The number of alkyl halides is 1. The third kappa shape index (κ3) is 14.1. The lowest BCUT2D eigenvalue weighted by Crippen LogP contribution is -2.42. The van der Waals surface area contributed by atoms with Gasteiger partial charge in [0.1, 0.15) is 6.04 Å². The third-order valence-corrected chi connectivity index (χ3v) is 5.48. The summed E-state index contributed by atoms with van der Waals surface area (Å²) < 4.78 is 10.4. The van der Waals surface area contributed by atoms with Gasteiger partial charge in [0.05, 0.1) is 13.2 Å². The molecule has 0 saturated carbocycles. The summed E-state index contributed by atoms with van der Waals surface area (Å²) in [6, 6.07) is -0.661. The van der Waals surface area contributed by atoms with Gasteiger partial charge in [-0.15, -0.1) is 11.6 Å². The van der Waals surface area contributed by atoms with E-state index in [1.54, 1.807) is 14.0 Å². The molecule has 0 spiro atoms. The first kappa shape index (κ1) is 27.0. The van der Waals surface area contributed by atoms with Gasteiger partial charge >= 0.3 is 12.1 Å². The van der Waals surface area contributed by atoms with Gasteiger partial charge < -0.3 is 9.47 Å². The number of carbonyl (C=O) groups excluding carboxylic acids is 2. The van der Waals surface area contributed by atoms with Crippen LogP contribution in [0.5, 0.6) is 0 Å². The Labute approximate surface area is 177 Å². The molecule has 0 bridgehead atoms. The molecule has 0 saturated heterocycles. The number of ether oxygens (including phenoxy) is 2. The Balaban J connectivity index is 3.67. The summed E-state index contributed by atoms with van der Waals surface area (Å²) in [7, 11) is 1.54. The smallest absolute Gasteiger partial charge is 0.410 e. The zero-order chi connectivity index (χ0) is 21.2. The average molecular weight is 420 g/mol. The SMILES string of the molecule is CCCCCCCCCCCCCOC(=O)C(C)N(C)C(=O)OCC(C)CCl. The maximum Gasteiger partial charge on any atom is 0.410 e. The number of unbranched alkanes of at least 4 members (excludes halogenated alkanes) is 10. The Morgan fingerprint density at radius 2 is 1.36 bits per heavy atom. The Bertz CT molecular complexity index is 406. The van der Waals surface area contributed by atoms with Crippen LogP contribution in [0.15, 0.2) is 0 Å². The van der Waals surface area contributed by atoms with Crippen molar-refractivity contribution >= 4 is 23.7 Å². The largest absolute Gasteiger partial charge is 0.464 e. The molecule has 0 fully saturated rings. The lowest BCUT2D eigenvalue weighted by atomic mass is 10.1. The standard InChI is InChI=1S/C22H42ClNO4/c1-5-6-7-8-9-10-11-12-13-14-15-16-27-21(25)20(3)24(4)22(26)28-18-19(2)17-23/h19-20H,5-18H2,1-4H3. The molecule has 0 heterocycles. The molecule has 2 unspecified atom stereocenters. The van der Waals surface area contributed by atoms with E-state index in [2.05, 4.69) is 6.92 Å². The van der Waals surface area contributed by atoms with E-state index in [4.69, 9.17) is 21.1 Å². The molecule has 6 heteroatoms. The van der Waals surface area contributed by atoms with Crippen LogP contribution in [-0.2, 0) is 14.3 Å². The fourth-order valence-electron chi connectivity index (χ4n) is 2.74. The minimum absolute atomic E-state index is 0.0855. The highest BCUT2D eigenvalue weighted by atomic mass is 35.5. The zero-order valence-corrected chi connectivity index (χ0v) is 19.3. The molecule has 2 atom stereocenters. The van der Waals surface area contributed by atoms with Gasteiger partial charge in [-0.1, -0.05) is 78.1 Å². The summed E-state index contributed by atoms with van der Waals surface area (Å²) in [6.45, 7) is 6.44. The Hall–Kier alpha value is -0.970. The third-order valence-electron chi connectivity index (χ3n) is 4.96. The van der Waals surface area contributed by atoms with E-state index in [-0.39, 0.29) is 12.5 Å². The molecule has 0 aliphatic heterocycles. The minimum atomic E-state index is -0.661. The summed E-state index contributed by atoms with van der Waals surface area (Å²) >= 11 is 5.69. The van der Waals surface area contributed by atoms with Crippen LogP contribution in [0.4, 0.5) is 4.79 Å². The number of halogens is 1. The molecule has 0 aromatic carbocycles. The van der Waals surface area contributed by atoms with Crippen LogP contribution in [0.2, 0.25) is 0 Å². The molecule has 0 aliphatic carbocycles. The Kier molecular flexibility index (Phi) is 17.5. The van der Waals surface area contributed by atoms with Crippen LogP contribution >= 0.6 is 11.6 Å². The first-order chi connectivity index (χ1) is 13.4. The number of hydrogen-bond acceptors (Lipinski definition) is 4. The predicted molar refractivity (Wildman–Crippen MR) is 116 cm³/mol. The summed E-state index contributed by atoms with van der Waals surface area (Å²) in [6.07, 6.45) is 13.3. The highest BCUT2D eigenvalue weighted by Gasteiger charge is 2.25. The maximum absolute atomic E-state index is 12.1. The van der Waals surface area contributed by atoms with Gasteiger partial charge in [-0.2, -0.15) is 0 Å². The predicted octanol–water partition coefficient (Wildman–Crippen LogP) is 6.17. The fourth-order valence-corrected chi connectivity index (χ4v) is 2.82. The van der Waals surface area contributed by atoms with Crippen molar-refractivity contribution in [1.82, 2.24) is 4.90 Å². The molecule has 0 radical (unpaired) electrons. The quantitative estimate of drug-likeness (QED) is 0.160. The monoisotopic (exact) mass is 419 g/mol. The van der Waals surface area contributed by atoms with Gasteiger partial charge in [0.25, 0.3) is 0 Å². The van der Waals surface area contributed by atoms with Gasteiger partial charge in [-0.25, -0.2) is 9.59 Å². The lowest BCUT2D eigenvalue weighted by molar-refractivity contribution is -0.148. The normalized spacial score (nSPS) is 13.0. The number of amides is 1. The van der Waals surface area contributed by atoms with Crippen molar-refractivity contribution in [2.75, 3.05) is 26.1 Å². The van der Waals surface area contributed by atoms with Crippen molar-refractivity contribution in [3.8, 4) is 0 Å². The second kappa shape index (κ2) is 18.1. The molecule has 28 heavy (non-hydrogen) atoms. The number of hydrogen-bond donors (Lipinski definition) is 0. The lowest BCUT2D eigenvalue weighted by Gasteiger charge is -2.23. The second-order valence-corrected chi connectivity index (χ2v) is 8.13. The van der Waals surface area contributed by atoms with Crippen molar-refractivity contribution in [2.24, 2.45) is 5.92 Å². The van der Waals surface area contributed by atoms with E-state index in [1.165, 1.54) is 62.7 Å². The van der Waals surface area contributed by atoms with Crippen LogP contribution in [-0.4, -0.2) is 49.1 Å². The summed E-state index contributed by atoms with van der Waals surface area (Å²) in [5.74, 6) is 0.118. The van der Waals surface area contributed by atoms with Crippen LogP contribution in [0.1, 0.15) is 91.4 Å². The van der Waals surface area contributed by atoms with E-state index >= 15 is 0 Å². The molecule has 0 aromatic rings. The first-order valence-corrected chi connectivity index (χ1v) is 11.6. The highest BCUT2D eigenvalue weighted by molar-refractivity contribution is 6.18. The molecule has 1 amide bonds. The van der Waals surface area contributed by atoms with Crippen molar-refractivity contribution in [3.63, 3.8) is 0 Å². The molecule has 5 nitrogen and oxygen atoms in total. The second-order valence-electron chi connectivity index (χ2n) is 7.83. The molecular weight excluding hydrogens is 378 g/mol. The molecule has 0 N–H and O–H groups in total. The Morgan fingerprint density at radius 1 is 0.857 bits per heavy atom. The minimum Gasteiger partial charge on any atom is -0.464 e.